The second-order valence-electron chi connectivity index (χ2n) is 4.43. The lowest BCUT2D eigenvalue weighted by molar-refractivity contribution is 0.546. The minimum Gasteiger partial charge on any atom is -0.326 e. The molecule has 7 heteroatoms. The van der Waals surface area contributed by atoms with Crippen molar-refractivity contribution in [3.05, 3.63) is 28.5 Å². The van der Waals surface area contributed by atoms with Crippen molar-refractivity contribution in [1.29, 1.82) is 0 Å². The average molecular weight is 337 g/mol. The van der Waals surface area contributed by atoms with E-state index in [1.807, 2.05) is 0 Å². The highest BCUT2D eigenvalue weighted by Gasteiger charge is 2.29. The molecular weight excluding hydrogens is 323 g/mol. The molecule has 0 heterocycles. The van der Waals surface area contributed by atoms with Gasteiger partial charge in [-0.15, -0.1) is 0 Å². The fourth-order valence-electron chi connectivity index (χ4n) is 1.62. The standard InChI is InChI=1S/C11H14BrFN2O2S/c12-9-4-3-8(5-10(9)13)18(16,17)15-6-11(14)7-1-2-7/h3-5,7,11,15H,1-2,6,14H2. The van der Waals surface area contributed by atoms with Crippen LogP contribution in [0.4, 0.5) is 4.39 Å². The van der Waals surface area contributed by atoms with E-state index in [9.17, 15) is 12.8 Å². The Hall–Kier alpha value is -0.500. The Morgan fingerprint density at radius 3 is 2.72 bits per heavy atom. The van der Waals surface area contributed by atoms with E-state index >= 15 is 0 Å². The van der Waals surface area contributed by atoms with Crippen LogP contribution in [0.15, 0.2) is 27.6 Å². The van der Waals surface area contributed by atoms with Gasteiger partial charge in [-0.25, -0.2) is 17.5 Å². The van der Waals surface area contributed by atoms with Crippen molar-refractivity contribution in [3.63, 3.8) is 0 Å². The van der Waals surface area contributed by atoms with Crippen molar-refractivity contribution < 1.29 is 12.8 Å². The van der Waals surface area contributed by atoms with Crippen LogP contribution in [0.25, 0.3) is 0 Å². The lowest BCUT2D eigenvalue weighted by atomic mass is 10.2. The molecule has 18 heavy (non-hydrogen) atoms. The van der Waals surface area contributed by atoms with Gasteiger partial charge in [-0.2, -0.15) is 0 Å². The van der Waals surface area contributed by atoms with E-state index < -0.39 is 15.8 Å². The van der Waals surface area contributed by atoms with Gasteiger partial charge in [0, 0.05) is 12.6 Å². The minimum absolute atomic E-state index is 0.0915. The maximum absolute atomic E-state index is 13.3. The quantitative estimate of drug-likeness (QED) is 0.857. The predicted molar refractivity (Wildman–Crippen MR) is 70.0 cm³/mol. The van der Waals surface area contributed by atoms with Crippen molar-refractivity contribution in [2.24, 2.45) is 11.7 Å². The third-order valence-electron chi connectivity index (χ3n) is 2.94. The number of nitrogens with one attached hydrogen (secondary N) is 1. The molecule has 1 saturated carbocycles. The second-order valence-corrected chi connectivity index (χ2v) is 7.05. The molecule has 0 spiro atoms. The Morgan fingerprint density at radius 1 is 1.50 bits per heavy atom. The molecule has 1 fully saturated rings. The molecule has 0 saturated heterocycles. The van der Waals surface area contributed by atoms with Gasteiger partial charge in [-0.3, -0.25) is 0 Å². The Balaban J connectivity index is 2.07. The lowest BCUT2D eigenvalue weighted by Gasteiger charge is -2.12. The molecule has 1 aromatic carbocycles. The molecule has 1 aliphatic carbocycles. The van der Waals surface area contributed by atoms with E-state index in [1.165, 1.54) is 12.1 Å². The Bertz CT molecular complexity index is 546. The fourth-order valence-corrected chi connectivity index (χ4v) is 2.96. The van der Waals surface area contributed by atoms with Crippen molar-refractivity contribution in [1.82, 2.24) is 4.72 Å². The number of halogens is 2. The number of benzene rings is 1. The van der Waals surface area contributed by atoms with Gasteiger partial charge in [-0.05, 0) is 52.9 Å². The summed E-state index contributed by atoms with van der Waals surface area (Å²) in [5, 5.41) is 0. The van der Waals surface area contributed by atoms with Crippen LogP contribution >= 0.6 is 15.9 Å². The molecule has 1 aliphatic rings. The van der Waals surface area contributed by atoms with Crippen LogP contribution in [0.1, 0.15) is 12.8 Å². The van der Waals surface area contributed by atoms with Crippen molar-refractivity contribution >= 4 is 26.0 Å². The summed E-state index contributed by atoms with van der Waals surface area (Å²) in [7, 11) is -3.69. The number of rotatable bonds is 5. The molecule has 4 nitrogen and oxygen atoms in total. The zero-order valence-electron chi connectivity index (χ0n) is 9.57. The SMILES string of the molecule is NC(CNS(=O)(=O)c1ccc(Br)c(F)c1)C1CC1. The highest BCUT2D eigenvalue weighted by atomic mass is 79.9. The predicted octanol–water partition coefficient (Wildman–Crippen LogP) is 1.60. The first-order valence-corrected chi connectivity index (χ1v) is 7.88. The van der Waals surface area contributed by atoms with E-state index in [-0.39, 0.29) is 22.0 Å². The molecule has 1 aromatic rings. The van der Waals surface area contributed by atoms with E-state index in [0.29, 0.717) is 5.92 Å². The van der Waals surface area contributed by atoms with Crippen molar-refractivity contribution in [3.8, 4) is 0 Å². The van der Waals surface area contributed by atoms with E-state index in [4.69, 9.17) is 5.73 Å². The summed E-state index contributed by atoms with van der Waals surface area (Å²) in [4.78, 5) is -0.0915. The summed E-state index contributed by atoms with van der Waals surface area (Å²) in [6.45, 7) is 0.185. The average Bonchev–Trinajstić information content (AvgIpc) is 3.13. The van der Waals surface area contributed by atoms with Gasteiger partial charge in [0.05, 0.1) is 9.37 Å². The molecule has 2 rings (SSSR count). The summed E-state index contributed by atoms with van der Waals surface area (Å²) < 4.78 is 39.7. The fraction of sp³-hybridized carbons (Fsp3) is 0.455. The summed E-state index contributed by atoms with van der Waals surface area (Å²) >= 11 is 2.98. The summed E-state index contributed by atoms with van der Waals surface area (Å²) in [6, 6.07) is 3.53. The molecule has 1 atom stereocenters. The van der Waals surface area contributed by atoms with Crippen molar-refractivity contribution in [2.75, 3.05) is 6.54 Å². The van der Waals surface area contributed by atoms with Gasteiger partial charge in [-0.1, -0.05) is 0 Å². The summed E-state index contributed by atoms with van der Waals surface area (Å²) in [6.07, 6.45) is 2.10. The number of sulfonamides is 1. The third kappa shape index (κ3) is 3.28. The van der Waals surface area contributed by atoms with Gasteiger partial charge in [0.15, 0.2) is 0 Å². The number of nitrogens with two attached hydrogens (primary N) is 1. The van der Waals surface area contributed by atoms with Gasteiger partial charge >= 0.3 is 0 Å². The molecule has 0 aromatic heterocycles. The molecule has 100 valence electrons. The van der Waals surface area contributed by atoms with Crippen LogP contribution < -0.4 is 10.5 Å². The monoisotopic (exact) mass is 336 g/mol. The van der Waals surface area contributed by atoms with E-state index in [2.05, 4.69) is 20.7 Å². The summed E-state index contributed by atoms with van der Waals surface area (Å²) in [5.41, 5.74) is 5.81. The molecule has 0 amide bonds. The van der Waals surface area contributed by atoms with Gasteiger partial charge < -0.3 is 5.73 Å². The normalized spacial score (nSPS) is 17.7. The maximum Gasteiger partial charge on any atom is 0.240 e. The Kier molecular flexibility index (Phi) is 4.05. The lowest BCUT2D eigenvalue weighted by Crippen LogP contribution is -2.38. The minimum atomic E-state index is -3.69. The zero-order chi connectivity index (χ0) is 13.3. The second kappa shape index (κ2) is 5.24. The summed E-state index contributed by atoms with van der Waals surface area (Å²) in [5.74, 6) is -0.196. The van der Waals surface area contributed by atoms with Gasteiger partial charge in [0.1, 0.15) is 5.82 Å². The van der Waals surface area contributed by atoms with Crippen LogP contribution in [0.2, 0.25) is 0 Å². The van der Waals surface area contributed by atoms with E-state index in [0.717, 1.165) is 18.9 Å². The van der Waals surface area contributed by atoms with Gasteiger partial charge in [0.2, 0.25) is 10.0 Å². The van der Waals surface area contributed by atoms with Crippen LogP contribution in [-0.4, -0.2) is 21.0 Å². The molecular formula is C11H14BrFN2O2S. The largest absolute Gasteiger partial charge is 0.326 e. The van der Waals surface area contributed by atoms with Crippen LogP contribution in [0.5, 0.6) is 0 Å². The Morgan fingerprint density at radius 2 is 2.17 bits per heavy atom. The molecule has 1 unspecified atom stereocenters. The number of hydrogen-bond donors (Lipinski definition) is 2. The Labute approximate surface area is 114 Å². The maximum atomic E-state index is 13.3. The first kappa shape index (κ1) is 13.9. The zero-order valence-corrected chi connectivity index (χ0v) is 12.0. The van der Waals surface area contributed by atoms with Crippen molar-refractivity contribution in [2.45, 2.75) is 23.8 Å². The topological polar surface area (TPSA) is 72.2 Å². The molecule has 3 N–H and O–H groups in total. The smallest absolute Gasteiger partial charge is 0.240 e. The molecule has 0 aliphatic heterocycles. The van der Waals surface area contributed by atoms with Crippen LogP contribution in [0.3, 0.4) is 0 Å². The number of hydrogen-bond acceptors (Lipinski definition) is 3. The third-order valence-corrected chi connectivity index (χ3v) is 5.00. The highest BCUT2D eigenvalue weighted by molar-refractivity contribution is 9.10. The van der Waals surface area contributed by atoms with E-state index in [1.54, 1.807) is 0 Å². The highest BCUT2D eigenvalue weighted by Crippen LogP contribution is 2.31. The van der Waals surface area contributed by atoms with Crippen LogP contribution in [0, 0.1) is 11.7 Å². The van der Waals surface area contributed by atoms with Crippen LogP contribution in [-0.2, 0) is 10.0 Å². The van der Waals surface area contributed by atoms with Gasteiger partial charge in [0.25, 0.3) is 0 Å². The first-order chi connectivity index (χ1) is 8.40. The molecule has 0 radical (unpaired) electrons. The molecule has 0 bridgehead atoms. The first-order valence-electron chi connectivity index (χ1n) is 5.60.